The number of amides is 1. The number of carbonyl (C=O) groups is 1. The molecule has 0 aliphatic carbocycles. The molecule has 0 atom stereocenters. The Bertz CT molecular complexity index is 1130. The molecule has 0 radical (unpaired) electrons. The molecule has 0 aromatic heterocycles. The van der Waals surface area contributed by atoms with Gasteiger partial charge in [-0.3, -0.25) is 4.79 Å². The molecule has 0 fully saturated rings. The van der Waals surface area contributed by atoms with Crippen LogP contribution in [0.3, 0.4) is 0 Å². The van der Waals surface area contributed by atoms with Crippen molar-refractivity contribution in [3.8, 4) is 0 Å². The van der Waals surface area contributed by atoms with Crippen molar-refractivity contribution in [2.45, 2.75) is 36.5 Å². The van der Waals surface area contributed by atoms with Crippen molar-refractivity contribution in [3.63, 3.8) is 0 Å². The first-order chi connectivity index (χ1) is 14.9. The molecule has 162 valence electrons. The minimum absolute atomic E-state index is 0.0792. The molecule has 0 heterocycles. The monoisotopic (exact) mass is 436 g/mol. The highest BCUT2D eigenvalue weighted by molar-refractivity contribution is 7.91. The molecule has 6 heteroatoms. The maximum absolute atomic E-state index is 13.2. The van der Waals surface area contributed by atoms with E-state index >= 15 is 0 Å². The fraction of sp³-hybridized carbons (Fsp3) is 0.240. The van der Waals surface area contributed by atoms with Gasteiger partial charge in [-0.2, -0.15) is 0 Å². The molecule has 1 amide bonds. The van der Waals surface area contributed by atoms with Gasteiger partial charge in [0, 0.05) is 12.2 Å². The molecule has 0 saturated carbocycles. The normalized spacial score (nSPS) is 11.2. The second-order valence-corrected chi connectivity index (χ2v) is 9.31. The summed E-state index contributed by atoms with van der Waals surface area (Å²) >= 11 is 0. The van der Waals surface area contributed by atoms with E-state index in [4.69, 9.17) is 0 Å². The van der Waals surface area contributed by atoms with Gasteiger partial charge in [-0.25, -0.2) is 8.42 Å². The Morgan fingerprint density at radius 3 is 2.29 bits per heavy atom. The van der Waals surface area contributed by atoms with Crippen LogP contribution in [0, 0.1) is 6.92 Å². The molecule has 3 aromatic carbocycles. The van der Waals surface area contributed by atoms with Crippen molar-refractivity contribution in [1.82, 2.24) is 5.32 Å². The zero-order valence-electron chi connectivity index (χ0n) is 17.9. The highest BCUT2D eigenvalue weighted by Gasteiger charge is 2.22. The average Bonchev–Trinajstić information content (AvgIpc) is 2.78. The van der Waals surface area contributed by atoms with Gasteiger partial charge in [0.15, 0.2) is 0 Å². The maximum Gasteiger partial charge on any atom is 0.239 e. The Kier molecular flexibility index (Phi) is 7.47. The van der Waals surface area contributed by atoms with E-state index in [-0.39, 0.29) is 22.2 Å². The molecule has 0 aliphatic rings. The predicted octanol–water partition coefficient (Wildman–Crippen LogP) is 4.16. The summed E-state index contributed by atoms with van der Waals surface area (Å²) in [5.41, 5.74) is 3.51. The minimum atomic E-state index is -3.64. The third-order valence-electron chi connectivity index (χ3n) is 5.13. The summed E-state index contributed by atoms with van der Waals surface area (Å²) in [4.78, 5) is 12.8. The molecule has 31 heavy (non-hydrogen) atoms. The van der Waals surface area contributed by atoms with E-state index in [1.165, 1.54) is 0 Å². The first-order valence-corrected chi connectivity index (χ1v) is 11.9. The van der Waals surface area contributed by atoms with Gasteiger partial charge in [-0.05, 0) is 55.2 Å². The molecule has 0 unspecified atom stereocenters. The summed E-state index contributed by atoms with van der Waals surface area (Å²) in [6, 6.07) is 21.9. The van der Waals surface area contributed by atoms with Crippen LogP contribution in [-0.2, 0) is 27.5 Å². The second kappa shape index (κ2) is 10.3. The van der Waals surface area contributed by atoms with E-state index in [0.29, 0.717) is 24.2 Å². The number of carbonyl (C=O) groups excluding carboxylic acids is 1. The van der Waals surface area contributed by atoms with Gasteiger partial charge < -0.3 is 10.6 Å². The van der Waals surface area contributed by atoms with Crippen molar-refractivity contribution in [3.05, 3.63) is 89.5 Å². The summed E-state index contributed by atoms with van der Waals surface area (Å²) in [6.07, 6.45) is 1.29. The van der Waals surface area contributed by atoms with E-state index in [1.54, 1.807) is 36.4 Å². The maximum atomic E-state index is 13.2. The van der Waals surface area contributed by atoms with Crippen LogP contribution in [0.2, 0.25) is 0 Å². The van der Waals surface area contributed by atoms with Gasteiger partial charge in [-0.15, -0.1) is 0 Å². The van der Waals surface area contributed by atoms with Crippen LogP contribution in [0.1, 0.15) is 23.6 Å². The summed E-state index contributed by atoms with van der Waals surface area (Å²) in [7, 11) is -3.64. The molecule has 3 aromatic rings. The fourth-order valence-electron chi connectivity index (χ4n) is 3.42. The highest BCUT2D eigenvalue weighted by Crippen LogP contribution is 2.29. The number of hydrogen-bond acceptors (Lipinski definition) is 4. The van der Waals surface area contributed by atoms with Gasteiger partial charge in [0.25, 0.3) is 0 Å². The zero-order valence-corrected chi connectivity index (χ0v) is 18.7. The third kappa shape index (κ3) is 5.73. The lowest BCUT2D eigenvalue weighted by molar-refractivity contribution is -0.119. The average molecular weight is 437 g/mol. The summed E-state index contributed by atoms with van der Waals surface area (Å²) in [5, 5.41) is 6.00. The van der Waals surface area contributed by atoms with Crippen LogP contribution >= 0.6 is 0 Å². The smallest absolute Gasteiger partial charge is 0.239 e. The Labute approximate surface area is 184 Å². The van der Waals surface area contributed by atoms with E-state index in [1.807, 2.05) is 50.2 Å². The molecular formula is C25H28N2O3S. The molecule has 5 nitrogen and oxygen atoms in total. The number of aryl methyl sites for hydroxylation is 1. The van der Waals surface area contributed by atoms with Crippen molar-refractivity contribution < 1.29 is 13.2 Å². The van der Waals surface area contributed by atoms with Crippen molar-refractivity contribution in [2.75, 3.05) is 18.4 Å². The molecule has 0 aliphatic heterocycles. The highest BCUT2D eigenvalue weighted by atomic mass is 32.2. The minimum Gasteiger partial charge on any atom is -0.376 e. The Morgan fingerprint density at radius 1 is 0.903 bits per heavy atom. The SMILES string of the molecule is CCc1c(NCC(=O)NCCc2ccccc2)cccc1S(=O)(=O)c1ccc(C)cc1. The van der Waals surface area contributed by atoms with Gasteiger partial charge in [0.05, 0.1) is 16.3 Å². The third-order valence-corrected chi connectivity index (χ3v) is 6.98. The van der Waals surface area contributed by atoms with Crippen molar-refractivity contribution in [2.24, 2.45) is 0 Å². The van der Waals surface area contributed by atoms with Crippen LogP contribution in [0.4, 0.5) is 5.69 Å². The number of anilines is 1. The second-order valence-electron chi connectivity index (χ2n) is 7.39. The van der Waals surface area contributed by atoms with Crippen LogP contribution in [-0.4, -0.2) is 27.4 Å². The fourth-order valence-corrected chi connectivity index (χ4v) is 5.01. The summed E-state index contributed by atoms with van der Waals surface area (Å²) in [5.74, 6) is -0.134. The lowest BCUT2D eigenvalue weighted by Crippen LogP contribution is -2.31. The van der Waals surface area contributed by atoms with E-state index in [9.17, 15) is 13.2 Å². The van der Waals surface area contributed by atoms with Crippen LogP contribution < -0.4 is 10.6 Å². The first-order valence-electron chi connectivity index (χ1n) is 10.4. The van der Waals surface area contributed by atoms with E-state index in [0.717, 1.165) is 17.5 Å². The quantitative estimate of drug-likeness (QED) is 0.528. The summed E-state index contributed by atoms with van der Waals surface area (Å²) in [6.45, 7) is 4.46. The Morgan fingerprint density at radius 2 is 1.61 bits per heavy atom. The van der Waals surface area contributed by atoms with Gasteiger partial charge in [0.2, 0.25) is 15.7 Å². The molecular weight excluding hydrogens is 408 g/mol. The molecule has 0 saturated heterocycles. The largest absolute Gasteiger partial charge is 0.376 e. The number of nitrogens with one attached hydrogen (secondary N) is 2. The lowest BCUT2D eigenvalue weighted by Gasteiger charge is -2.16. The molecule has 3 rings (SSSR count). The number of rotatable bonds is 9. The summed E-state index contributed by atoms with van der Waals surface area (Å²) < 4.78 is 26.4. The predicted molar refractivity (Wildman–Crippen MR) is 124 cm³/mol. The van der Waals surface area contributed by atoms with E-state index < -0.39 is 9.84 Å². The van der Waals surface area contributed by atoms with Gasteiger partial charge >= 0.3 is 0 Å². The molecule has 0 spiro atoms. The number of hydrogen-bond donors (Lipinski definition) is 2. The number of sulfone groups is 1. The van der Waals surface area contributed by atoms with Crippen LogP contribution in [0.25, 0.3) is 0 Å². The van der Waals surface area contributed by atoms with Crippen molar-refractivity contribution in [1.29, 1.82) is 0 Å². The molecule has 2 N–H and O–H groups in total. The Hall–Kier alpha value is -3.12. The van der Waals surface area contributed by atoms with Crippen LogP contribution in [0.15, 0.2) is 82.6 Å². The van der Waals surface area contributed by atoms with E-state index in [2.05, 4.69) is 10.6 Å². The number of benzene rings is 3. The molecule has 0 bridgehead atoms. The zero-order chi connectivity index (χ0) is 22.3. The van der Waals surface area contributed by atoms with Gasteiger partial charge in [0.1, 0.15) is 0 Å². The van der Waals surface area contributed by atoms with Crippen molar-refractivity contribution >= 4 is 21.4 Å². The Balaban J connectivity index is 1.68. The topological polar surface area (TPSA) is 75.3 Å². The standard InChI is InChI=1S/C25H28N2O3S/c1-3-22-23(27-18-25(28)26-17-16-20-8-5-4-6-9-20)10-7-11-24(22)31(29,30)21-14-12-19(2)13-15-21/h4-15,27H,3,16-18H2,1-2H3,(H,26,28). The van der Waals surface area contributed by atoms with Gasteiger partial charge in [-0.1, -0.05) is 61.0 Å². The first kappa shape index (κ1) is 22.6. The lowest BCUT2D eigenvalue weighted by atomic mass is 10.1. The van der Waals surface area contributed by atoms with Crippen LogP contribution in [0.5, 0.6) is 0 Å².